The van der Waals surface area contributed by atoms with Crippen molar-refractivity contribution in [3.05, 3.63) is 32.9 Å². The van der Waals surface area contributed by atoms with Gasteiger partial charge >= 0.3 is 0 Å². The highest BCUT2D eigenvalue weighted by atomic mass is 35.5. The van der Waals surface area contributed by atoms with Gasteiger partial charge in [0.15, 0.2) is 0 Å². The molecule has 1 aromatic heterocycles. The van der Waals surface area contributed by atoms with Crippen molar-refractivity contribution >= 4 is 45.7 Å². The molecule has 0 fully saturated rings. The third kappa shape index (κ3) is 1.39. The Hall–Kier alpha value is -0.880. The van der Waals surface area contributed by atoms with Gasteiger partial charge in [0.05, 0.1) is 21.1 Å². The number of nitrogens with zero attached hydrogens (tertiary/aromatic N) is 2. The van der Waals surface area contributed by atoms with E-state index in [2.05, 4.69) is 6.07 Å². The molecule has 0 unspecified atom stereocenters. The molecule has 1 aromatic carbocycles. The summed E-state index contributed by atoms with van der Waals surface area (Å²) in [5, 5.41) is 10.9. The fourth-order valence-electron chi connectivity index (χ4n) is 1.55. The summed E-state index contributed by atoms with van der Waals surface area (Å²) in [6.07, 6.45) is 0. The van der Waals surface area contributed by atoms with Gasteiger partial charge in [0.1, 0.15) is 11.2 Å². The summed E-state index contributed by atoms with van der Waals surface area (Å²) < 4.78 is 1.66. The van der Waals surface area contributed by atoms with Crippen LogP contribution in [-0.2, 0) is 7.05 Å². The second-order valence-corrected chi connectivity index (χ2v) is 4.24. The molecule has 0 radical (unpaired) electrons. The fourth-order valence-corrected chi connectivity index (χ4v) is 2.23. The van der Waals surface area contributed by atoms with Crippen molar-refractivity contribution in [1.29, 1.82) is 5.26 Å². The zero-order chi connectivity index (χ0) is 11.2. The Labute approximate surface area is 102 Å². The molecular weight excluding hydrogens is 254 g/mol. The van der Waals surface area contributed by atoms with E-state index < -0.39 is 0 Å². The summed E-state index contributed by atoms with van der Waals surface area (Å²) in [7, 11) is 1.74. The van der Waals surface area contributed by atoms with Crippen LogP contribution in [0.2, 0.25) is 15.2 Å². The third-order valence-electron chi connectivity index (χ3n) is 2.29. The number of rotatable bonds is 0. The average molecular weight is 260 g/mol. The van der Waals surface area contributed by atoms with E-state index >= 15 is 0 Å². The van der Waals surface area contributed by atoms with Crippen LogP contribution in [0.25, 0.3) is 10.9 Å². The zero-order valence-electron chi connectivity index (χ0n) is 7.68. The molecule has 0 spiro atoms. The first-order valence-electron chi connectivity index (χ1n) is 4.10. The van der Waals surface area contributed by atoms with E-state index in [4.69, 9.17) is 40.1 Å². The van der Waals surface area contributed by atoms with E-state index in [0.717, 1.165) is 5.39 Å². The van der Waals surface area contributed by atoms with Crippen LogP contribution in [0.5, 0.6) is 0 Å². The zero-order valence-corrected chi connectivity index (χ0v) is 9.95. The lowest BCUT2D eigenvalue weighted by Crippen LogP contribution is -1.87. The van der Waals surface area contributed by atoms with Crippen molar-refractivity contribution in [2.24, 2.45) is 7.05 Å². The first-order valence-corrected chi connectivity index (χ1v) is 5.23. The molecule has 2 nitrogen and oxygen atoms in total. The predicted octanol–water partition coefficient (Wildman–Crippen LogP) is 4.01. The van der Waals surface area contributed by atoms with Crippen molar-refractivity contribution in [3.8, 4) is 6.07 Å². The molecule has 76 valence electrons. The normalized spacial score (nSPS) is 10.6. The molecule has 0 bridgehead atoms. The lowest BCUT2D eigenvalue weighted by molar-refractivity contribution is 0.968. The van der Waals surface area contributed by atoms with Crippen LogP contribution >= 0.6 is 34.8 Å². The van der Waals surface area contributed by atoms with Crippen LogP contribution in [0.1, 0.15) is 5.56 Å². The van der Waals surface area contributed by atoms with Gasteiger partial charge < -0.3 is 4.57 Å². The smallest absolute Gasteiger partial charge is 0.127 e. The minimum Gasteiger partial charge on any atom is -0.332 e. The van der Waals surface area contributed by atoms with Crippen molar-refractivity contribution in [1.82, 2.24) is 4.57 Å². The van der Waals surface area contributed by atoms with Crippen molar-refractivity contribution in [2.75, 3.05) is 0 Å². The van der Waals surface area contributed by atoms with Crippen LogP contribution < -0.4 is 0 Å². The Kier molecular flexibility index (Phi) is 2.56. The maximum atomic E-state index is 8.97. The van der Waals surface area contributed by atoms with Gasteiger partial charge in [-0.1, -0.05) is 34.8 Å². The van der Waals surface area contributed by atoms with E-state index in [1.54, 1.807) is 23.7 Å². The standard InChI is InChI=1S/C10H5Cl3N2/c1-15-9-5(6(4-14)10(15)13)2-3-7(11)8(9)12/h2-3H,1H3. The second-order valence-electron chi connectivity index (χ2n) is 3.09. The first kappa shape index (κ1) is 10.6. The van der Waals surface area contributed by atoms with Gasteiger partial charge in [-0.3, -0.25) is 0 Å². The number of hydrogen-bond acceptors (Lipinski definition) is 1. The van der Waals surface area contributed by atoms with Crippen molar-refractivity contribution in [3.63, 3.8) is 0 Å². The predicted molar refractivity (Wildman–Crippen MR) is 62.7 cm³/mol. The minimum atomic E-state index is 0.372. The molecule has 5 heteroatoms. The Bertz CT molecular complexity index is 593. The van der Waals surface area contributed by atoms with E-state index in [0.29, 0.717) is 26.3 Å². The summed E-state index contributed by atoms with van der Waals surface area (Å²) >= 11 is 17.9. The second kappa shape index (κ2) is 3.61. The summed E-state index contributed by atoms with van der Waals surface area (Å²) in [4.78, 5) is 0. The lowest BCUT2D eigenvalue weighted by Gasteiger charge is -2.01. The number of aromatic nitrogens is 1. The monoisotopic (exact) mass is 258 g/mol. The molecule has 0 aliphatic carbocycles. The first-order chi connectivity index (χ1) is 7.07. The van der Waals surface area contributed by atoms with E-state index in [1.165, 1.54) is 0 Å². The van der Waals surface area contributed by atoms with Crippen LogP contribution in [0.3, 0.4) is 0 Å². The number of benzene rings is 1. The minimum absolute atomic E-state index is 0.372. The molecule has 2 rings (SSSR count). The molecule has 0 amide bonds. The highest BCUT2D eigenvalue weighted by molar-refractivity contribution is 6.45. The number of halogens is 3. The molecule has 0 saturated carbocycles. The molecule has 0 N–H and O–H groups in total. The number of nitriles is 1. The van der Waals surface area contributed by atoms with Gasteiger partial charge in [0, 0.05) is 12.4 Å². The van der Waals surface area contributed by atoms with Gasteiger partial charge in [0.2, 0.25) is 0 Å². The Morgan fingerprint density at radius 1 is 1.27 bits per heavy atom. The Morgan fingerprint density at radius 2 is 1.93 bits per heavy atom. The van der Waals surface area contributed by atoms with Gasteiger partial charge in [-0.25, -0.2) is 0 Å². The number of aryl methyl sites for hydroxylation is 1. The Balaban J connectivity index is 3.05. The SMILES string of the molecule is Cn1c(Cl)c(C#N)c2ccc(Cl)c(Cl)c21. The summed E-state index contributed by atoms with van der Waals surface area (Å²) in [5.74, 6) is 0. The summed E-state index contributed by atoms with van der Waals surface area (Å²) in [6.45, 7) is 0. The van der Waals surface area contributed by atoms with Crippen LogP contribution in [0, 0.1) is 11.3 Å². The summed E-state index contributed by atoms with van der Waals surface area (Å²) in [5.41, 5.74) is 1.11. The van der Waals surface area contributed by atoms with Crippen molar-refractivity contribution < 1.29 is 0 Å². The molecule has 0 atom stereocenters. The van der Waals surface area contributed by atoms with Gasteiger partial charge in [-0.05, 0) is 12.1 Å². The molecule has 1 heterocycles. The highest BCUT2D eigenvalue weighted by Gasteiger charge is 2.16. The van der Waals surface area contributed by atoms with Crippen molar-refractivity contribution in [2.45, 2.75) is 0 Å². The molecule has 15 heavy (non-hydrogen) atoms. The quantitative estimate of drug-likeness (QED) is 0.703. The Morgan fingerprint density at radius 3 is 2.53 bits per heavy atom. The molecule has 0 aliphatic rings. The maximum absolute atomic E-state index is 8.97. The summed E-state index contributed by atoms with van der Waals surface area (Å²) in [6, 6.07) is 5.45. The van der Waals surface area contributed by atoms with E-state index in [1.807, 2.05) is 0 Å². The fraction of sp³-hybridized carbons (Fsp3) is 0.100. The average Bonchev–Trinajstić information content (AvgIpc) is 2.46. The van der Waals surface area contributed by atoms with Crippen LogP contribution in [-0.4, -0.2) is 4.57 Å². The molecule has 2 aromatic rings. The number of hydrogen-bond donors (Lipinski definition) is 0. The highest BCUT2D eigenvalue weighted by Crippen LogP contribution is 2.36. The molecular formula is C10H5Cl3N2. The van der Waals surface area contributed by atoms with Crippen LogP contribution in [0.4, 0.5) is 0 Å². The van der Waals surface area contributed by atoms with Gasteiger partial charge in [0.25, 0.3) is 0 Å². The maximum Gasteiger partial charge on any atom is 0.127 e. The van der Waals surface area contributed by atoms with Crippen LogP contribution in [0.15, 0.2) is 12.1 Å². The van der Waals surface area contributed by atoms with Gasteiger partial charge in [-0.2, -0.15) is 5.26 Å². The lowest BCUT2D eigenvalue weighted by atomic mass is 10.2. The third-order valence-corrected chi connectivity index (χ3v) is 3.52. The molecule has 0 aliphatic heterocycles. The van der Waals surface area contributed by atoms with E-state index in [9.17, 15) is 0 Å². The number of fused-ring (bicyclic) bond motifs is 1. The largest absolute Gasteiger partial charge is 0.332 e. The van der Waals surface area contributed by atoms with Gasteiger partial charge in [-0.15, -0.1) is 0 Å². The van der Waals surface area contributed by atoms with E-state index in [-0.39, 0.29) is 0 Å². The topological polar surface area (TPSA) is 28.7 Å². The molecule has 0 saturated heterocycles.